The molecule has 0 aliphatic heterocycles. The van der Waals surface area contributed by atoms with Gasteiger partial charge >= 0.3 is 5.69 Å². The van der Waals surface area contributed by atoms with Crippen molar-refractivity contribution in [2.24, 2.45) is 0 Å². The maximum Gasteiger partial charge on any atom is 0.328 e. The lowest BCUT2D eigenvalue weighted by atomic mass is 10.1. The Morgan fingerprint density at radius 1 is 0.966 bits per heavy atom. The van der Waals surface area contributed by atoms with Gasteiger partial charge in [-0.2, -0.15) is 0 Å². The third-order valence-electron chi connectivity index (χ3n) is 4.48. The second-order valence-corrected chi connectivity index (χ2v) is 6.80. The first kappa shape index (κ1) is 18.6. The molecule has 2 aromatic heterocycles. The quantitative estimate of drug-likeness (QED) is 0.540. The lowest BCUT2D eigenvalue weighted by Gasteiger charge is -2.14. The topological polar surface area (TPSA) is 86.5 Å². The van der Waals surface area contributed by atoms with Crippen LogP contribution in [0.15, 0.2) is 68.9 Å². The predicted molar refractivity (Wildman–Crippen MR) is 109 cm³/mol. The molecule has 0 saturated heterocycles. The zero-order valence-electron chi connectivity index (χ0n) is 16.1. The van der Waals surface area contributed by atoms with Crippen molar-refractivity contribution in [3.8, 4) is 17.2 Å². The Balaban J connectivity index is 1.56. The minimum Gasteiger partial charge on any atom is -0.488 e. The zero-order valence-corrected chi connectivity index (χ0v) is 16.1. The fourth-order valence-electron chi connectivity index (χ4n) is 3.06. The summed E-state index contributed by atoms with van der Waals surface area (Å²) in [6, 6.07) is 12.7. The minimum atomic E-state index is -0.469. The summed E-state index contributed by atoms with van der Waals surface area (Å²) < 4.78 is 18.9. The highest BCUT2D eigenvalue weighted by Gasteiger charge is 2.12. The van der Waals surface area contributed by atoms with E-state index in [0.29, 0.717) is 23.8 Å². The van der Waals surface area contributed by atoms with E-state index in [-0.39, 0.29) is 6.61 Å². The van der Waals surface area contributed by atoms with Crippen LogP contribution in [0.1, 0.15) is 11.1 Å². The molecular weight excluding hydrogens is 372 g/mol. The van der Waals surface area contributed by atoms with Crippen molar-refractivity contribution in [1.29, 1.82) is 0 Å². The van der Waals surface area contributed by atoms with Crippen LogP contribution in [0, 0.1) is 13.8 Å². The van der Waals surface area contributed by atoms with Crippen LogP contribution in [0.25, 0.3) is 11.0 Å². The normalized spacial score (nSPS) is 11.0. The molecule has 0 radical (unpaired) electrons. The van der Waals surface area contributed by atoms with Gasteiger partial charge in [0.2, 0.25) is 0 Å². The number of aryl methyl sites for hydroxylation is 2. The van der Waals surface area contributed by atoms with Crippen molar-refractivity contribution >= 4 is 11.0 Å². The Morgan fingerprint density at radius 3 is 2.62 bits per heavy atom. The average Bonchev–Trinajstić information content (AvgIpc) is 3.14. The van der Waals surface area contributed by atoms with Gasteiger partial charge in [-0.25, -0.2) is 4.79 Å². The Bertz CT molecular complexity index is 1280. The zero-order chi connectivity index (χ0) is 20.4. The highest BCUT2D eigenvalue weighted by atomic mass is 16.5. The summed E-state index contributed by atoms with van der Waals surface area (Å²) in [7, 11) is 0. The number of aromatic nitrogens is 2. The van der Waals surface area contributed by atoms with Gasteiger partial charge in [-0.15, -0.1) is 0 Å². The molecule has 4 rings (SSSR count). The van der Waals surface area contributed by atoms with Crippen molar-refractivity contribution in [3.63, 3.8) is 0 Å². The van der Waals surface area contributed by atoms with E-state index in [4.69, 9.17) is 13.9 Å². The molecule has 0 aliphatic rings. The molecule has 0 aliphatic carbocycles. The molecule has 4 aromatic rings. The maximum atomic E-state index is 11.8. The summed E-state index contributed by atoms with van der Waals surface area (Å²) >= 11 is 0. The van der Waals surface area contributed by atoms with Crippen LogP contribution in [0.5, 0.6) is 17.2 Å². The number of hydrogen-bond acceptors (Lipinski definition) is 5. The number of rotatable bonds is 6. The molecule has 2 heterocycles. The van der Waals surface area contributed by atoms with Crippen LogP contribution >= 0.6 is 0 Å². The fourth-order valence-corrected chi connectivity index (χ4v) is 3.06. The van der Waals surface area contributed by atoms with E-state index in [1.807, 2.05) is 50.2 Å². The van der Waals surface area contributed by atoms with Crippen molar-refractivity contribution in [2.75, 3.05) is 6.61 Å². The summed E-state index contributed by atoms with van der Waals surface area (Å²) in [5.41, 5.74) is 1.90. The Hall–Kier alpha value is -3.74. The van der Waals surface area contributed by atoms with Gasteiger partial charge in [0.05, 0.1) is 18.2 Å². The summed E-state index contributed by atoms with van der Waals surface area (Å²) in [6.45, 7) is 4.47. The highest BCUT2D eigenvalue weighted by molar-refractivity contribution is 5.85. The molecule has 148 valence electrons. The third-order valence-corrected chi connectivity index (χ3v) is 4.48. The SMILES string of the molecule is Cc1ccc(Oc2cc(C)cc3occc23)c(OCCn2ccc(=O)[nH]c2=O)c1. The second kappa shape index (κ2) is 7.71. The predicted octanol–water partition coefficient (Wildman–Crippen LogP) is 3.77. The molecule has 29 heavy (non-hydrogen) atoms. The van der Waals surface area contributed by atoms with Crippen LogP contribution in [0.3, 0.4) is 0 Å². The Kier molecular flexibility index (Phi) is 4.95. The molecule has 0 bridgehead atoms. The lowest BCUT2D eigenvalue weighted by Crippen LogP contribution is -2.30. The molecule has 7 heteroatoms. The summed E-state index contributed by atoms with van der Waals surface area (Å²) in [6.07, 6.45) is 3.08. The van der Waals surface area contributed by atoms with Crippen LogP contribution in [0.2, 0.25) is 0 Å². The number of benzene rings is 2. The number of nitrogens with zero attached hydrogens (tertiary/aromatic N) is 1. The van der Waals surface area contributed by atoms with Gasteiger partial charge in [0, 0.05) is 12.3 Å². The van der Waals surface area contributed by atoms with Crippen molar-refractivity contribution in [3.05, 3.63) is 86.9 Å². The molecule has 0 atom stereocenters. The van der Waals surface area contributed by atoms with Crippen molar-refractivity contribution < 1.29 is 13.9 Å². The standard InChI is InChI=1S/C22H20N2O5/c1-14-3-4-17(29-19-13-15(2)12-18-16(19)6-9-27-18)20(11-14)28-10-8-24-7-5-21(25)23-22(24)26/h3-7,9,11-13H,8,10H2,1-2H3,(H,23,25,26). The van der Waals surface area contributed by atoms with E-state index in [2.05, 4.69) is 4.98 Å². The number of nitrogens with one attached hydrogen (secondary N) is 1. The van der Waals surface area contributed by atoms with E-state index >= 15 is 0 Å². The molecule has 7 nitrogen and oxygen atoms in total. The molecule has 0 fully saturated rings. The van der Waals surface area contributed by atoms with E-state index in [0.717, 1.165) is 22.1 Å². The number of ether oxygens (including phenoxy) is 2. The van der Waals surface area contributed by atoms with Gasteiger partial charge in [-0.3, -0.25) is 14.3 Å². The highest BCUT2D eigenvalue weighted by Crippen LogP contribution is 2.37. The maximum absolute atomic E-state index is 11.8. The fraction of sp³-hybridized carbons (Fsp3) is 0.182. The van der Waals surface area contributed by atoms with Crippen LogP contribution in [-0.4, -0.2) is 16.2 Å². The van der Waals surface area contributed by atoms with Crippen LogP contribution in [-0.2, 0) is 6.54 Å². The Morgan fingerprint density at radius 2 is 1.79 bits per heavy atom. The van der Waals surface area contributed by atoms with E-state index in [1.54, 1.807) is 6.26 Å². The van der Waals surface area contributed by atoms with E-state index < -0.39 is 11.2 Å². The summed E-state index contributed by atoms with van der Waals surface area (Å²) in [5.74, 6) is 1.82. The summed E-state index contributed by atoms with van der Waals surface area (Å²) in [5, 5.41) is 0.877. The average molecular weight is 392 g/mol. The largest absolute Gasteiger partial charge is 0.488 e. The molecule has 0 spiro atoms. The summed E-state index contributed by atoms with van der Waals surface area (Å²) in [4.78, 5) is 25.2. The van der Waals surface area contributed by atoms with Crippen LogP contribution < -0.4 is 20.7 Å². The first-order valence-corrected chi connectivity index (χ1v) is 9.18. The van der Waals surface area contributed by atoms with Gasteiger partial charge in [0.15, 0.2) is 11.5 Å². The lowest BCUT2D eigenvalue weighted by molar-refractivity contribution is 0.283. The number of furan rings is 1. The second-order valence-electron chi connectivity index (χ2n) is 6.80. The molecule has 0 saturated carbocycles. The molecular formula is C22H20N2O5. The monoisotopic (exact) mass is 392 g/mol. The minimum absolute atomic E-state index is 0.237. The number of hydrogen-bond donors (Lipinski definition) is 1. The Labute approximate surface area is 166 Å². The van der Waals surface area contributed by atoms with Gasteiger partial charge in [0.25, 0.3) is 5.56 Å². The van der Waals surface area contributed by atoms with Gasteiger partial charge < -0.3 is 13.9 Å². The smallest absolute Gasteiger partial charge is 0.328 e. The van der Waals surface area contributed by atoms with Gasteiger partial charge in [-0.1, -0.05) is 6.07 Å². The van der Waals surface area contributed by atoms with Crippen LogP contribution in [0.4, 0.5) is 0 Å². The molecule has 1 N–H and O–H groups in total. The van der Waals surface area contributed by atoms with Crippen molar-refractivity contribution in [1.82, 2.24) is 9.55 Å². The first-order valence-electron chi connectivity index (χ1n) is 9.18. The molecule has 0 amide bonds. The van der Waals surface area contributed by atoms with Crippen molar-refractivity contribution in [2.45, 2.75) is 20.4 Å². The van der Waals surface area contributed by atoms with Gasteiger partial charge in [0.1, 0.15) is 17.9 Å². The number of H-pyrrole nitrogens is 1. The number of aromatic amines is 1. The van der Waals surface area contributed by atoms with E-state index in [1.165, 1.54) is 16.8 Å². The molecule has 2 aromatic carbocycles. The van der Waals surface area contributed by atoms with E-state index in [9.17, 15) is 9.59 Å². The molecule has 0 unspecified atom stereocenters. The number of fused-ring (bicyclic) bond motifs is 1. The first-order chi connectivity index (χ1) is 14.0. The third kappa shape index (κ3) is 4.08. The van der Waals surface area contributed by atoms with Gasteiger partial charge in [-0.05, 0) is 55.3 Å².